The summed E-state index contributed by atoms with van der Waals surface area (Å²) in [6.45, 7) is 6.78. The molecule has 1 atom stereocenters. The van der Waals surface area contributed by atoms with E-state index < -0.39 is 0 Å². The Bertz CT molecular complexity index is 448. The highest BCUT2D eigenvalue weighted by molar-refractivity contribution is 5.32. The summed E-state index contributed by atoms with van der Waals surface area (Å²) in [6, 6.07) is 1.41. The van der Waals surface area contributed by atoms with E-state index in [4.69, 9.17) is 10.5 Å². The van der Waals surface area contributed by atoms with Crippen molar-refractivity contribution in [2.75, 3.05) is 24.6 Å². The van der Waals surface area contributed by atoms with E-state index in [0.717, 1.165) is 12.6 Å². The van der Waals surface area contributed by atoms with Crippen LogP contribution in [0.4, 0.5) is 11.9 Å². The number of nitrogens with two attached hydrogens (primary N) is 1. The molecule has 1 aliphatic rings. The van der Waals surface area contributed by atoms with Gasteiger partial charge >= 0.3 is 6.01 Å². The van der Waals surface area contributed by atoms with Crippen molar-refractivity contribution in [3.05, 3.63) is 0 Å². The van der Waals surface area contributed by atoms with Crippen molar-refractivity contribution in [1.29, 1.82) is 0 Å². The number of likely N-dealkylation sites (N-methyl/N-ethyl adjacent to an activating group) is 1. The summed E-state index contributed by atoms with van der Waals surface area (Å²) in [4.78, 5) is 14.6. The van der Waals surface area contributed by atoms with Gasteiger partial charge in [0.05, 0.1) is 6.10 Å². The zero-order chi connectivity index (χ0) is 14.7. The highest BCUT2D eigenvalue weighted by Crippen LogP contribution is 2.26. The molecule has 1 fully saturated rings. The van der Waals surface area contributed by atoms with Crippen molar-refractivity contribution < 1.29 is 4.74 Å². The van der Waals surface area contributed by atoms with Gasteiger partial charge in [-0.2, -0.15) is 15.0 Å². The lowest BCUT2D eigenvalue weighted by Crippen LogP contribution is -2.36. The van der Waals surface area contributed by atoms with Crippen LogP contribution in [0.15, 0.2) is 0 Å². The number of ether oxygens (including phenoxy) is 1. The van der Waals surface area contributed by atoms with E-state index in [0.29, 0.717) is 12.0 Å². The maximum absolute atomic E-state index is 5.67. The number of rotatable bonds is 7. The first-order valence-electron chi connectivity index (χ1n) is 7.09. The van der Waals surface area contributed by atoms with Crippen LogP contribution in [0.25, 0.3) is 0 Å². The van der Waals surface area contributed by atoms with Crippen LogP contribution >= 0.6 is 0 Å². The number of nitrogen functional groups attached to an aromatic ring is 1. The maximum atomic E-state index is 5.67. The molecule has 0 aromatic carbocycles. The number of nitrogens with zero attached hydrogens (tertiary/aromatic N) is 4. The predicted molar refractivity (Wildman–Crippen MR) is 78.7 cm³/mol. The first-order valence-corrected chi connectivity index (χ1v) is 7.09. The zero-order valence-corrected chi connectivity index (χ0v) is 12.6. The highest BCUT2D eigenvalue weighted by atomic mass is 16.5. The summed E-state index contributed by atoms with van der Waals surface area (Å²) < 4.78 is 5.45. The van der Waals surface area contributed by atoms with Crippen molar-refractivity contribution in [3.8, 4) is 6.01 Å². The fourth-order valence-corrected chi connectivity index (χ4v) is 1.94. The first kappa shape index (κ1) is 14.8. The van der Waals surface area contributed by atoms with Crippen LogP contribution in [-0.4, -0.2) is 51.6 Å². The molecule has 0 aliphatic heterocycles. The Labute approximate surface area is 119 Å². The second kappa shape index (κ2) is 6.21. The Morgan fingerprint density at radius 1 is 1.30 bits per heavy atom. The molecular weight excluding hydrogens is 256 g/mol. The molecule has 0 spiro atoms. The lowest BCUT2D eigenvalue weighted by atomic mass is 10.3. The van der Waals surface area contributed by atoms with Gasteiger partial charge in [0.15, 0.2) is 0 Å². The predicted octanol–water partition coefficient (Wildman–Crippen LogP) is 1.14. The number of aromatic nitrogens is 3. The summed E-state index contributed by atoms with van der Waals surface area (Å²) in [6.07, 6.45) is 2.60. The molecule has 112 valence electrons. The molecule has 1 saturated carbocycles. The Kier molecular flexibility index (Phi) is 4.59. The maximum Gasteiger partial charge on any atom is 0.323 e. The summed E-state index contributed by atoms with van der Waals surface area (Å²) in [5, 5.41) is 3.20. The molecule has 0 saturated heterocycles. The van der Waals surface area contributed by atoms with Gasteiger partial charge in [0.2, 0.25) is 11.9 Å². The molecular formula is C13H24N6O. The summed E-state index contributed by atoms with van der Waals surface area (Å²) in [5.41, 5.74) is 5.67. The van der Waals surface area contributed by atoms with Crippen LogP contribution in [0.2, 0.25) is 0 Å². The van der Waals surface area contributed by atoms with E-state index in [1.54, 1.807) is 0 Å². The Morgan fingerprint density at radius 3 is 2.60 bits per heavy atom. The van der Waals surface area contributed by atoms with Crippen LogP contribution in [0.5, 0.6) is 6.01 Å². The van der Waals surface area contributed by atoms with Gasteiger partial charge in [-0.15, -0.1) is 0 Å². The number of anilines is 2. The quantitative estimate of drug-likeness (QED) is 0.774. The number of hydrogen-bond acceptors (Lipinski definition) is 7. The van der Waals surface area contributed by atoms with Crippen molar-refractivity contribution >= 4 is 11.9 Å². The topological polar surface area (TPSA) is 89.2 Å². The normalized spacial score (nSPS) is 16.5. The van der Waals surface area contributed by atoms with E-state index in [2.05, 4.69) is 39.1 Å². The summed E-state index contributed by atoms with van der Waals surface area (Å²) in [7, 11) is 2.15. The minimum absolute atomic E-state index is 0.00423. The van der Waals surface area contributed by atoms with E-state index >= 15 is 0 Å². The molecule has 0 radical (unpaired) electrons. The second-order valence-electron chi connectivity index (χ2n) is 5.59. The molecule has 1 aliphatic carbocycles. The molecule has 2 rings (SSSR count). The standard InChI is InChI=1S/C13H24N6O/c1-8(2)20-13-17-11(14)16-12(18-13)15-7-9(3)19(4)10-5-6-10/h8-10H,5-7H2,1-4H3,(H3,14,15,16,17,18). The van der Waals surface area contributed by atoms with Gasteiger partial charge in [0.1, 0.15) is 0 Å². The average molecular weight is 280 g/mol. The van der Waals surface area contributed by atoms with Gasteiger partial charge < -0.3 is 15.8 Å². The van der Waals surface area contributed by atoms with Crippen LogP contribution in [-0.2, 0) is 0 Å². The first-order chi connectivity index (χ1) is 9.45. The summed E-state index contributed by atoms with van der Waals surface area (Å²) >= 11 is 0. The largest absolute Gasteiger partial charge is 0.461 e. The molecule has 7 heteroatoms. The summed E-state index contributed by atoms with van der Waals surface area (Å²) in [5.74, 6) is 0.630. The van der Waals surface area contributed by atoms with Gasteiger partial charge in [0.25, 0.3) is 0 Å². The lowest BCUT2D eigenvalue weighted by molar-refractivity contribution is 0.222. The monoisotopic (exact) mass is 280 g/mol. The molecule has 20 heavy (non-hydrogen) atoms. The molecule has 7 nitrogen and oxygen atoms in total. The molecule has 0 bridgehead atoms. The minimum Gasteiger partial charge on any atom is -0.461 e. The van der Waals surface area contributed by atoms with Gasteiger partial charge in [-0.05, 0) is 40.7 Å². The average Bonchev–Trinajstić information content (AvgIpc) is 3.17. The fraction of sp³-hybridized carbons (Fsp3) is 0.769. The lowest BCUT2D eigenvalue weighted by Gasteiger charge is -2.24. The van der Waals surface area contributed by atoms with Gasteiger partial charge in [-0.3, -0.25) is 4.90 Å². The molecule has 0 amide bonds. The highest BCUT2D eigenvalue weighted by Gasteiger charge is 2.28. The minimum atomic E-state index is 0.00423. The molecule has 1 aromatic rings. The number of hydrogen-bond donors (Lipinski definition) is 2. The van der Waals surface area contributed by atoms with Crippen molar-refractivity contribution in [3.63, 3.8) is 0 Å². The van der Waals surface area contributed by atoms with Gasteiger partial charge in [0, 0.05) is 18.6 Å². The Morgan fingerprint density at radius 2 is 2.00 bits per heavy atom. The fourth-order valence-electron chi connectivity index (χ4n) is 1.94. The van der Waals surface area contributed by atoms with E-state index in [9.17, 15) is 0 Å². The van der Waals surface area contributed by atoms with Crippen molar-refractivity contribution in [2.45, 2.75) is 51.8 Å². The molecule has 1 aromatic heterocycles. The smallest absolute Gasteiger partial charge is 0.323 e. The SMILES string of the molecule is CC(C)Oc1nc(N)nc(NCC(C)N(C)C2CC2)n1. The van der Waals surface area contributed by atoms with Crippen molar-refractivity contribution in [2.24, 2.45) is 0 Å². The van der Waals surface area contributed by atoms with Crippen LogP contribution < -0.4 is 15.8 Å². The van der Waals surface area contributed by atoms with E-state index in [1.807, 2.05) is 13.8 Å². The molecule has 1 heterocycles. The third kappa shape index (κ3) is 4.19. The number of nitrogens with one attached hydrogen (secondary N) is 1. The zero-order valence-electron chi connectivity index (χ0n) is 12.6. The van der Waals surface area contributed by atoms with Crippen LogP contribution in [0.1, 0.15) is 33.6 Å². The van der Waals surface area contributed by atoms with Gasteiger partial charge in [-0.1, -0.05) is 0 Å². The van der Waals surface area contributed by atoms with Crippen LogP contribution in [0, 0.1) is 0 Å². The van der Waals surface area contributed by atoms with Crippen molar-refractivity contribution in [1.82, 2.24) is 19.9 Å². The molecule has 1 unspecified atom stereocenters. The van der Waals surface area contributed by atoms with E-state index in [-0.39, 0.29) is 18.1 Å². The molecule has 3 N–H and O–H groups in total. The third-order valence-electron chi connectivity index (χ3n) is 3.35. The van der Waals surface area contributed by atoms with Crippen LogP contribution in [0.3, 0.4) is 0 Å². The Balaban J connectivity index is 1.92. The van der Waals surface area contributed by atoms with E-state index in [1.165, 1.54) is 12.8 Å². The third-order valence-corrected chi connectivity index (χ3v) is 3.35. The van der Waals surface area contributed by atoms with Gasteiger partial charge in [-0.25, -0.2) is 0 Å². The second-order valence-corrected chi connectivity index (χ2v) is 5.59. The Hall–Kier alpha value is -1.63.